The van der Waals surface area contributed by atoms with E-state index in [0.717, 1.165) is 21.5 Å². The molecule has 0 aliphatic rings. The van der Waals surface area contributed by atoms with Gasteiger partial charge in [0.15, 0.2) is 6.29 Å². The molecule has 3 nitrogen and oxygen atoms in total. The Labute approximate surface area is 189 Å². The summed E-state index contributed by atoms with van der Waals surface area (Å²) in [5.41, 5.74) is 0.951. The van der Waals surface area contributed by atoms with Crippen molar-refractivity contribution in [2.45, 2.75) is 11.8 Å². The van der Waals surface area contributed by atoms with E-state index in [1.54, 1.807) is 24.3 Å². The van der Waals surface area contributed by atoms with Crippen LogP contribution >= 0.6 is 6.89 Å². The molecule has 0 saturated heterocycles. The average molecular weight is 459 g/mol. The molecule has 0 radical (unpaired) electrons. The lowest BCUT2D eigenvalue weighted by molar-refractivity contribution is -0.102. The number of carbonyl (C=O) groups is 1. The van der Waals surface area contributed by atoms with Gasteiger partial charge in [-0.05, 0) is 41.9 Å². The summed E-state index contributed by atoms with van der Waals surface area (Å²) in [5.74, 6) is 0. The minimum atomic E-state index is -4.07. The first-order chi connectivity index (χ1) is 15.5. The van der Waals surface area contributed by atoms with Crippen molar-refractivity contribution in [3.8, 4) is 0 Å². The molecule has 0 fully saturated rings. The van der Waals surface area contributed by atoms with E-state index in [1.165, 1.54) is 0 Å². The normalized spacial score (nSPS) is 11.7. The molecule has 5 heteroatoms. The Balaban J connectivity index is 2.26. The van der Waals surface area contributed by atoms with Gasteiger partial charge in [0.1, 0.15) is 4.63 Å². The molecule has 0 atom stereocenters. The third kappa shape index (κ3) is 3.77. The Morgan fingerprint density at radius 3 is 1.34 bits per heavy atom. The Bertz CT molecular complexity index is 1270. The molecule has 0 N–H and O–H groups in total. The topological polar surface area (TPSA) is 51.2 Å². The number of rotatable bonds is 6. The van der Waals surface area contributed by atoms with Crippen LogP contribution in [0.4, 0.5) is 0 Å². The van der Waals surface area contributed by atoms with E-state index in [4.69, 9.17) is 0 Å². The summed E-state index contributed by atoms with van der Waals surface area (Å²) in [6, 6.07) is 35.2. The highest BCUT2D eigenvalue weighted by molar-refractivity contribution is 8.21. The molecule has 0 amide bonds. The lowest BCUT2D eigenvalue weighted by Gasteiger charge is -2.30. The predicted octanol–water partition coefficient (Wildman–Crippen LogP) is 4.09. The van der Waals surface area contributed by atoms with Crippen LogP contribution < -0.4 is 15.9 Å². The number of carbonyl (C=O) groups excluding carboxylic acids is 1. The SMILES string of the molecule is Cc1ccc(S(=O)(=O)C(C=O)=P(c2ccccc2)(c2ccccc2)c2ccccc2)cc1. The molecule has 0 aliphatic carbocycles. The minimum Gasteiger partial charge on any atom is -0.297 e. The molecule has 0 aromatic heterocycles. The fourth-order valence-electron chi connectivity index (χ4n) is 3.94. The average Bonchev–Trinajstić information content (AvgIpc) is 2.84. The van der Waals surface area contributed by atoms with Crippen molar-refractivity contribution in [1.29, 1.82) is 0 Å². The third-order valence-corrected chi connectivity index (χ3v) is 12.5. The summed E-state index contributed by atoms with van der Waals surface area (Å²) in [5, 5.41) is 2.44. The zero-order valence-electron chi connectivity index (χ0n) is 17.6. The zero-order valence-corrected chi connectivity index (χ0v) is 19.3. The van der Waals surface area contributed by atoms with Crippen molar-refractivity contribution in [3.05, 3.63) is 121 Å². The van der Waals surface area contributed by atoms with Gasteiger partial charge in [-0.1, -0.05) is 109 Å². The molecule has 0 saturated carbocycles. The van der Waals surface area contributed by atoms with Crippen LogP contribution in [0.1, 0.15) is 5.56 Å². The smallest absolute Gasteiger partial charge is 0.210 e. The molecule has 0 aliphatic heterocycles. The summed E-state index contributed by atoms with van der Waals surface area (Å²) in [4.78, 5) is 12.9. The lowest BCUT2D eigenvalue weighted by atomic mass is 10.2. The quantitative estimate of drug-likeness (QED) is 0.323. The van der Waals surface area contributed by atoms with E-state index in [9.17, 15) is 13.2 Å². The maximum Gasteiger partial charge on any atom is 0.210 e. The maximum absolute atomic E-state index is 14.0. The molecule has 160 valence electrons. The molecule has 0 heterocycles. The summed E-state index contributed by atoms with van der Waals surface area (Å²) in [6.07, 6.45) is 0.552. The monoisotopic (exact) mass is 458 g/mol. The van der Waals surface area contributed by atoms with Crippen LogP contribution in [0.3, 0.4) is 0 Å². The van der Waals surface area contributed by atoms with Crippen molar-refractivity contribution in [2.24, 2.45) is 0 Å². The first-order valence-electron chi connectivity index (χ1n) is 10.2. The van der Waals surface area contributed by atoms with Gasteiger partial charge in [0.2, 0.25) is 9.84 Å². The van der Waals surface area contributed by atoms with Gasteiger partial charge in [0.05, 0.1) is 4.90 Å². The van der Waals surface area contributed by atoms with Crippen LogP contribution in [0.15, 0.2) is 120 Å². The van der Waals surface area contributed by atoms with Gasteiger partial charge in [-0.3, -0.25) is 4.79 Å². The summed E-state index contributed by atoms with van der Waals surface area (Å²) >= 11 is 0. The van der Waals surface area contributed by atoms with Gasteiger partial charge in [0, 0.05) is 0 Å². The van der Waals surface area contributed by atoms with Gasteiger partial charge < -0.3 is 0 Å². The van der Waals surface area contributed by atoms with Gasteiger partial charge in [-0.25, -0.2) is 8.42 Å². The summed E-state index contributed by atoms with van der Waals surface area (Å²) < 4.78 is 27.9. The standard InChI is InChI=1S/C27H23O3PS/c1-22-17-19-26(20-18-22)32(29,30)27(21-28)31(23-11-5-2-6-12-23,24-13-7-3-8-14-24)25-15-9-4-10-16-25/h2-21H,1H3. The van der Waals surface area contributed by atoms with Gasteiger partial charge >= 0.3 is 0 Å². The Morgan fingerprint density at radius 2 is 1.00 bits per heavy atom. The van der Waals surface area contributed by atoms with Crippen LogP contribution in [0, 0.1) is 6.92 Å². The van der Waals surface area contributed by atoms with Gasteiger partial charge in [-0.15, -0.1) is 0 Å². The van der Waals surface area contributed by atoms with Gasteiger partial charge in [0.25, 0.3) is 0 Å². The zero-order chi connectivity index (χ0) is 22.6. The maximum atomic E-state index is 14.0. The lowest BCUT2D eigenvalue weighted by Crippen LogP contribution is -2.34. The highest BCUT2D eigenvalue weighted by atomic mass is 32.2. The van der Waals surface area contributed by atoms with E-state index >= 15 is 0 Å². The Kier molecular flexibility index (Phi) is 6.27. The molecule has 4 aromatic rings. The number of sulfone groups is 1. The van der Waals surface area contributed by atoms with Crippen LogP contribution in [0.25, 0.3) is 0 Å². The van der Waals surface area contributed by atoms with Crippen molar-refractivity contribution in [2.75, 3.05) is 0 Å². The fourth-order valence-corrected chi connectivity index (χ4v) is 11.2. The second kappa shape index (κ2) is 9.12. The predicted molar refractivity (Wildman–Crippen MR) is 135 cm³/mol. The van der Waals surface area contributed by atoms with Gasteiger partial charge in [-0.2, -0.15) is 0 Å². The molecule has 0 unspecified atom stereocenters. The second-order valence-electron chi connectivity index (χ2n) is 7.45. The second-order valence-corrected chi connectivity index (χ2v) is 13.0. The van der Waals surface area contributed by atoms with E-state index in [0.29, 0.717) is 6.29 Å². The molecule has 0 spiro atoms. The van der Waals surface area contributed by atoms with Crippen LogP contribution in [0.2, 0.25) is 0 Å². The number of hydrogen-bond acceptors (Lipinski definition) is 3. The molecular weight excluding hydrogens is 435 g/mol. The van der Waals surface area contributed by atoms with Crippen LogP contribution in [0.5, 0.6) is 0 Å². The Morgan fingerprint density at radius 1 is 0.625 bits per heavy atom. The first kappa shape index (κ1) is 22.0. The summed E-state index contributed by atoms with van der Waals surface area (Å²) in [6.45, 7) is -1.10. The largest absolute Gasteiger partial charge is 0.297 e. The molecule has 4 aromatic carbocycles. The number of aryl methyl sites for hydroxylation is 1. The van der Waals surface area contributed by atoms with Crippen LogP contribution in [-0.2, 0) is 14.6 Å². The van der Waals surface area contributed by atoms with Crippen molar-refractivity contribution < 1.29 is 13.2 Å². The van der Waals surface area contributed by atoms with Crippen LogP contribution in [-0.4, -0.2) is 19.3 Å². The van der Waals surface area contributed by atoms with Crippen molar-refractivity contribution in [1.82, 2.24) is 0 Å². The van der Waals surface area contributed by atoms with Crippen molar-refractivity contribution >= 4 is 43.5 Å². The summed E-state index contributed by atoms with van der Waals surface area (Å²) in [7, 11) is -4.07. The van der Waals surface area contributed by atoms with E-state index in [-0.39, 0.29) is 9.52 Å². The number of benzene rings is 4. The highest BCUT2D eigenvalue weighted by Gasteiger charge is 2.36. The molecular formula is C27H23O3PS. The molecule has 32 heavy (non-hydrogen) atoms. The Hall–Kier alpha value is -3.20. The van der Waals surface area contributed by atoms with Crippen molar-refractivity contribution in [3.63, 3.8) is 0 Å². The first-order valence-corrected chi connectivity index (χ1v) is 13.5. The van der Waals surface area contributed by atoms with E-state index in [1.807, 2.05) is 97.9 Å². The molecule has 4 rings (SSSR count). The minimum absolute atomic E-state index is 0.0996. The molecule has 0 bridgehead atoms. The fraction of sp³-hybridized carbons (Fsp3) is 0.0370. The highest BCUT2D eigenvalue weighted by Crippen LogP contribution is 2.47. The van der Waals surface area contributed by atoms with E-state index < -0.39 is 16.7 Å². The van der Waals surface area contributed by atoms with E-state index in [2.05, 4.69) is 0 Å². The third-order valence-electron chi connectivity index (χ3n) is 5.47. The number of hydrogen-bond donors (Lipinski definition) is 0. The number of aldehydes is 1.